The van der Waals surface area contributed by atoms with Crippen LogP contribution in [0.1, 0.15) is 269 Å². The maximum atomic E-state index is 14.1. The molecule has 20 heteroatoms. The van der Waals surface area contributed by atoms with Crippen molar-refractivity contribution in [1.82, 2.24) is 39.9 Å². The van der Waals surface area contributed by atoms with E-state index in [4.69, 9.17) is 18.9 Å². The predicted molar refractivity (Wildman–Crippen MR) is 480 cm³/mol. The summed E-state index contributed by atoms with van der Waals surface area (Å²) >= 11 is 0. The van der Waals surface area contributed by atoms with Crippen molar-refractivity contribution in [2.24, 2.45) is 47.3 Å². The lowest BCUT2D eigenvalue weighted by Gasteiger charge is -2.34. The topological polar surface area (TPSA) is 208 Å². The number of Topliss-reactive ketones (excluding diaryl/α,β-unsaturated/α-hetero) is 4. The summed E-state index contributed by atoms with van der Waals surface area (Å²) in [5.74, 6) is 7.01. The van der Waals surface area contributed by atoms with Crippen molar-refractivity contribution in [2.75, 3.05) is 28.4 Å². The van der Waals surface area contributed by atoms with Crippen molar-refractivity contribution < 1.29 is 55.7 Å². The number of carbonyl (C=O) groups is 4. The summed E-state index contributed by atoms with van der Waals surface area (Å²) in [5.41, 5.74) is 9.28. The Morgan fingerprint density at radius 1 is 0.282 bits per heavy atom. The van der Waals surface area contributed by atoms with E-state index in [0.717, 1.165) is 150 Å². The Labute approximate surface area is 726 Å². The molecular weight excluding hydrogens is 1570 g/mol. The Hall–Kier alpha value is -11.3. The molecule has 0 bridgehead atoms. The van der Waals surface area contributed by atoms with Crippen LogP contribution in [-0.4, -0.2) is 91.4 Å². The van der Waals surface area contributed by atoms with Crippen molar-refractivity contribution >= 4 is 66.7 Å². The van der Waals surface area contributed by atoms with Crippen molar-refractivity contribution in [3.63, 3.8) is 0 Å². The van der Waals surface area contributed by atoms with Crippen LogP contribution in [0.3, 0.4) is 0 Å². The quantitative estimate of drug-likeness (QED) is 0.0330. The maximum Gasteiger partial charge on any atom is 0.212 e. The van der Waals surface area contributed by atoms with Crippen LogP contribution in [0.4, 0.5) is 17.6 Å². The number of rotatable bonds is 28. The van der Waals surface area contributed by atoms with Gasteiger partial charge in [-0.3, -0.25) is 39.1 Å². The summed E-state index contributed by atoms with van der Waals surface area (Å²) in [6.45, 7) is 8.70. The highest BCUT2D eigenvalue weighted by Crippen LogP contribution is 2.48. The van der Waals surface area contributed by atoms with E-state index in [1.807, 2.05) is 48.5 Å². The number of ether oxygens (including phenoxy) is 4. The van der Waals surface area contributed by atoms with E-state index >= 15 is 0 Å². The number of aromatic nitrogens is 8. The largest absolute Gasteiger partial charge is 0.481 e. The van der Waals surface area contributed by atoms with E-state index in [0.29, 0.717) is 165 Å². The zero-order valence-electron chi connectivity index (χ0n) is 72.7. The molecule has 0 spiro atoms. The summed E-state index contributed by atoms with van der Waals surface area (Å²) in [5, 5.41) is 3.72. The minimum atomic E-state index is -0.259. The van der Waals surface area contributed by atoms with Crippen molar-refractivity contribution in [3.05, 3.63) is 263 Å². The summed E-state index contributed by atoms with van der Waals surface area (Å²) < 4.78 is 76.9. The number of ketones is 4. The second-order valence-corrected chi connectivity index (χ2v) is 34.1. The van der Waals surface area contributed by atoms with Crippen LogP contribution in [0.2, 0.25) is 0 Å². The normalized spacial score (nSPS) is 19.8. The van der Waals surface area contributed by atoms with E-state index in [1.54, 1.807) is 151 Å². The molecule has 648 valence electrons. The first kappa shape index (κ1) is 90.4. The Bertz CT molecular complexity index is 4850. The molecule has 8 heterocycles. The van der Waals surface area contributed by atoms with Crippen molar-refractivity contribution in [2.45, 2.75) is 205 Å². The Morgan fingerprint density at radius 2 is 0.484 bits per heavy atom. The number of methoxy groups -OCH3 is 4. The van der Waals surface area contributed by atoms with Crippen molar-refractivity contribution in [3.8, 4) is 23.5 Å². The highest BCUT2D eigenvalue weighted by atomic mass is 19.1. The second kappa shape index (κ2) is 43.9. The standard InChI is InChI=1S/4C26H29FN2O2/c4*1-3-17(15-24(30)20-11-12-25(31-2)29-16-20)18-7-9-19(10-8-18)21-13-14-28-26-22(21)5-4-6-23(26)27/h4*4-6,11-14,16-19H,3,7-10,15H2,1-2H3/t4*17-,18?,19?/m1100/s1. The number of para-hydroxylation sites is 4. The van der Waals surface area contributed by atoms with E-state index in [-0.39, 0.29) is 46.4 Å². The number of pyridine rings is 8. The number of benzene rings is 4. The fourth-order valence-electron chi connectivity index (χ4n) is 20.3. The number of hydrogen-bond acceptors (Lipinski definition) is 16. The van der Waals surface area contributed by atoms with Crippen LogP contribution < -0.4 is 18.9 Å². The molecule has 0 N–H and O–H groups in total. The molecule has 0 unspecified atom stereocenters. The summed E-state index contributed by atoms with van der Waals surface area (Å²) in [4.78, 5) is 84.8. The van der Waals surface area contributed by atoms with Gasteiger partial charge in [-0.2, -0.15) is 0 Å². The third-order valence-electron chi connectivity index (χ3n) is 27.5. The predicted octanol–water partition coefficient (Wildman–Crippen LogP) is 25.4. The number of carbonyl (C=O) groups excluding carboxylic acids is 4. The average molecular weight is 1680 g/mol. The fourth-order valence-corrected chi connectivity index (χ4v) is 20.3. The molecule has 4 fully saturated rings. The van der Waals surface area contributed by atoms with Crippen LogP contribution in [0.25, 0.3) is 43.6 Å². The van der Waals surface area contributed by atoms with E-state index < -0.39 is 0 Å². The summed E-state index contributed by atoms with van der Waals surface area (Å²) in [7, 11) is 6.27. The minimum Gasteiger partial charge on any atom is -0.481 e. The molecule has 4 aliphatic rings. The Morgan fingerprint density at radius 3 is 0.653 bits per heavy atom. The van der Waals surface area contributed by atoms with Gasteiger partial charge >= 0.3 is 0 Å². The minimum absolute atomic E-state index is 0.153. The molecule has 4 aliphatic carbocycles. The molecule has 0 saturated heterocycles. The van der Waals surface area contributed by atoms with Gasteiger partial charge in [0.2, 0.25) is 23.5 Å². The molecule has 4 aromatic carbocycles. The first-order valence-electron chi connectivity index (χ1n) is 44.7. The van der Waals surface area contributed by atoms with Gasteiger partial charge in [0.25, 0.3) is 0 Å². The van der Waals surface area contributed by atoms with Gasteiger partial charge in [-0.1, -0.05) is 102 Å². The van der Waals surface area contributed by atoms with Crippen LogP contribution in [0, 0.1) is 70.6 Å². The molecule has 16 rings (SSSR count). The van der Waals surface area contributed by atoms with Crippen molar-refractivity contribution in [1.29, 1.82) is 0 Å². The first-order valence-corrected chi connectivity index (χ1v) is 44.7. The molecule has 16 nitrogen and oxygen atoms in total. The van der Waals surface area contributed by atoms with Crippen LogP contribution in [0.5, 0.6) is 23.5 Å². The highest BCUT2D eigenvalue weighted by molar-refractivity contribution is 5.98. The summed E-state index contributed by atoms with van der Waals surface area (Å²) in [6.07, 6.45) is 36.8. The molecule has 12 aromatic rings. The zero-order valence-corrected chi connectivity index (χ0v) is 72.7. The second-order valence-electron chi connectivity index (χ2n) is 34.1. The number of nitrogens with zero attached hydrogens (tertiary/aromatic N) is 8. The Kier molecular flexibility index (Phi) is 32.0. The SMILES string of the molecule is CC[C@@H](CC(=O)c1ccc(OC)nc1)C1CCC(c2ccnc3c(F)cccc23)CC1.CC[C@@H](CC(=O)c1ccc(OC)nc1)C1CCC(c2ccnc3c(F)cccc23)CC1.CC[C@H](CC(=O)c1ccc(OC)nc1)C1CCC(c2ccnc3c(F)cccc23)CC1.CC[C@H](CC(=O)c1ccc(OC)nc1)C1CCC(c2ccnc3c(F)cccc23)CC1. The van der Waals surface area contributed by atoms with Gasteiger partial charge < -0.3 is 18.9 Å². The average Bonchev–Trinajstić information content (AvgIpc) is 0.801. The van der Waals surface area contributed by atoms with Gasteiger partial charge in [-0.15, -0.1) is 0 Å². The monoisotopic (exact) mass is 1680 g/mol. The van der Waals surface area contributed by atoms with Gasteiger partial charge in [-0.25, -0.2) is 37.5 Å². The molecule has 0 amide bonds. The first-order chi connectivity index (χ1) is 60.4. The molecule has 0 aliphatic heterocycles. The zero-order chi connectivity index (χ0) is 87.2. The van der Waals surface area contributed by atoms with E-state index in [1.165, 1.54) is 46.5 Å². The smallest absolute Gasteiger partial charge is 0.212 e. The highest BCUT2D eigenvalue weighted by Gasteiger charge is 2.35. The molecule has 4 atom stereocenters. The fraction of sp³-hybridized carbons (Fsp3) is 0.423. The van der Waals surface area contributed by atoms with Gasteiger partial charge in [0.1, 0.15) is 45.3 Å². The number of hydrogen-bond donors (Lipinski definition) is 0. The van der Waals surface area contributed by atoms with Gasteiger partial charge in [0.05, 0.1) is 28.4 Å². The van der Waals surface area contributed by atoms with E-state index in [2.05, 4.69) is 67.6 Å². The Balaban J connectivity index is 0.000000142. The molecule has 124 heavy (non-hydrogen) atoms. The maximum absolute atomic E-state index is 14.1. The third kappa shape index (κ3) is 22.3. The lowest BCUT2D eigenvalue weighted by Crippen LogP contribution is -2.23. The molecule has 4 saturated carbocycles. The van der Waals surface area contributed by atoms with Gasteiger partial charge in [0.15, 0.2) is 23.1 Å². The van der Waals surface area contributed by atoms with Crippen LogP contribution >= 0.6 is 0 Å². The summed E-state index contributed by atoms with van der Waals surface area (Å²) in [6, 6.07) is 43.2. The third-order valence-corrected chi connectivity index (χ3v) is 27.5. The lowest BCUT2D eigenvalue weighted by atomic mass is 9.71. The number of fused-ring (bicyclic) bond motifs is 4. The molecule has 0 radical (unpaired) electrons. The lowest BCUT2D eigenvalue weighted by molar-refractivity contribution is 0.0917. The van der Waals surface area contributed by atoms with Crippen LogP contribution in [0.15, 0.2) is 195 Å². The molecular formula is C104H116F4N8O8. The number of halogens is 4. The molecule has 8 aromatic heterocycles. The van der Waals surface area contributed by atoms with Gasteiger partial charge in [0, 0.05) is 143 Å². The van der Waals surface area contributed by atoms with E-state index in [9.17, 15) is 36.7 Å². The van der Waals surface area contributed by atoms with Crippen LogP contribution in [-0.2, 0) is 0 Å². The van der Waals surface area contributed by atoms with Gasteiger partial charge in [-0.05, 0) is 269 Å².